The van der Waals surface area contributed by atoms with Crippen LogP contribution in [0.25, 0.3) is 11.1 Å². The van der Waals surface area contributed by atoms with E-state index in [0.29, 0.717) is 0 Å². The maximum absolute atomic E-state index is 11.2. The molecular formula is C44H58BrN5O3. The summed E-state index contributed by atoms with van der Waals surface area (Å²) in [6.45, 7) is 11.2. The van der Waals surface area contributed by atoms with Crippen molar-refractivity contribution in [3.05, 3.63) is 76.3 Å². The van der Waals surface area contributed by atoms with Crippen LogP contribution in [0.4, 0.5) is 5.69 Å². The summed E-state index contributed by atoms with van der Waals surface area (Å²) in [5, 5.41) is 2.83. The number of fused-ring (bicyclic) bond motifs is 2. The summed E-state index contributed by atoms with van der Waals surface area (Å²) in [5.74, 6) is 2.12. The van der Waals surface area contributed by atoms with E-state index in [1.165, 1.54) is 101 Å². The summed E-state index contributed by atoms with van der Waals surface area (Å²) in [7, 11) is 4.47. The van der Waals surface area contributed by atoms with E-state index < -0.39 is 0 Å². The molecule has 0 unspecified atom stereocenters. The molecule has 4 fully saturated rings. The number of nitrogens with zero attached hydrogens (tertiary/aromatic N) is 4. The van der Waals surface area contributed by atoms with Crippen molar-refractivity contribution >= 4 is 27.5 Å². The zero-order valence-corrected chi connectivity index (χ0v) is 33.6. The highest BCUT2D eigenvalue weighted by molar-refractivity contribution is 9.10. The fourth-order valence-electron chi connectivity index (χ4n) is 9.84. The van der Waals surface area contributed by atoms with E-state index in [1.54, 1.807) is 0 Å². The van der Waals surface area contributed by atoms with Gasteiger partial charge in [-0.15, -0.1) is 0 Å². The molecule has 1 N–H and O–H groups in total. The quantitative estimate of drug-likeness (QED) is 0.295. The molecule has 6 aliphatic heterocycles. The van der Waals surface area contributed by atoms with Crippen molar-refractivity contribution in [2.24, 2.45) is 0 Å². The second kappa shape index (κ2) is 15.7. The SMILES string of the molecule is CC(=O)Nc1ccc(-c2ccc3c(c2)CC2(CCN(C4CCN(C)CC4)CC2)O3)cc1.CN1CCC(N2CCC3(CC2)Cc2cc(Br)ccc2O3)CC1. The van der Waals surface area contributed by atoms with Gasteiger partial charge in [0, 0.05) is 93.9 Å². The van der Waals surface area contributed by atoms with E-state index in [1.807, 2.05) is 12.1 Å². The first-order valence-electron chi connectivity index (χ1n) is 20.2. The molecule has 0 radical (unpaired) electrons. The molecule has 4 saturated heterocycles. The Balaban J connectivity index is 0.000000160. The van der Waals surface area contributed by atoms with Gasteiger partial charge in [-0.2, -0.15) is 0 Å². The summed E-state index contributed by atoms with van der Waals surface area (Å²) >= 11 is 3.58. The van der Waals surface area contributed by atoms with Crippen LogP contribution in [0.2, 0.25) is 0 Å². The molecule has 8 nitrogen and oxygen atoms in total. The van der Waals surface area contributed by atoms with Gasteiger partial charge < -0.3 is 24.6 Å². The molecule has 0 aromatic heterocycles. The summed E-state index contributed by atoms with van der Waals surface area (Å²) in [6.07, 6.45) is 11.9. The van der Waals surface area contributed by atoms with E-state index in [0.717, 1.165) is 78.1 Å². The highest BCUT2D eigenvalue weighted by Gasteiger charge is 2.44. The third-order valence-electron chi connectivity index (χ3n) is 13.1. The fourth-order valence-corrected chi connectivity index (χ4v) is 10.2. The second-order valence-corrected chi connectivity index (χ2v) is 17.8. The molecule has 0 aliphatic carbocycles. The minimum atomic E-state index is -0.0467. The number of amides is 1. The van der Waals surface area contributed by atoms with E-state index >= 15 is 0 Å². The first-order chi connectivity index (χ1) is 25.6. The van der Waals surface area contributed by atoms with Crippen molar-refractivity contribution in [2.75, 3.05) is 71.8 Å². The Morgan fingerprint density at radius 3 is 1.58 bits per heavy atom. The molecule has 2 spiro atoms. The van der Waals surface area contributed by atoms with Crippen molar-refractivity contribution in [3.63, 3.8) is 0 Å². The van der Waals surface area contributed by atoms with Gasteiger partial charge in [-0.25, -0.2) is 0 Å². The molecule has 6 heterocycles. The monoisotopic (exact) mass is 783 g/mol. The predicted molar refractivity (Wildman–Crippen MR) is 217 cm³/mol. The van der Waals surface area contributed by atoms with E-state index in [9.17, 15) is 4.79 Å². The fraction of sp³-hybridized carbons (Fsp3) is 0.568. The Hall–Kier alpha value is -2.95. The van der Waals surface area contributed by atoms with Crippen LogP contribution < -0.4 is 14.8 Å². The number of carbonyl (C=O) groups excluding carboxylic acids is 1. The van der Waals surface area contributed by atoms with Gasteiger partial charge in [-0.3, -0.25) is 14.6 Å². The van der Waals surface area contributed by atoms with Crippen LogP contribution in [0.5, 0.6) is 11.5 Å². The lowest BCUT2D eigenvalue weighted by Gasteiger charge is -2.44. The molecule has 284 valence electrons. The molecule has 0 bridgehead atoms. The standard InChI is InChI=1S/C26H33N3O2.C18H25BrN2O/c1-19(30)27-23-6-3-20(4-7-23)21-5-8-25-22(17-21)18-26(31-25)11-15-29(16-12-26)24-9-13-28(2)14-10-24;1-20-8-4-16(5-9-20)21-10-6-18(7-11-21)13-14-12-15(19)2-3-17(14)22-18/h3-8,17,24H,9-16,18H2,1-2H3,(H,27,30);2-3,12,16H,4-11,13H2,1H3. The predicted octanol–water partition coefficient (Wildman–Crippen LogP) is 7.49. The van der Waals surface area contributed by atoms with Gasteiger partial charge in [0.25, 0.3) is 0 Å². The zero-order valence-electron chi connectivity index (χ0n) is 32.0. The van der Waals surface area contributed by atoms with Crippen molar-refractivity contribution in [1.29, 1.82) is 0 Å². The minimum Gasteiger partial charge on any atom is -0.487 e. The number of halogens is 1. The average molecular weight is 785 g/mol. The van der Waals surface area contributed by atoms with Crippen molar-refractivity contribution in [3.8, 4) is 22.6 Å². The number of carbonyl (C=O) groups is 1. The molecule has 0 atom stereocenters. The first-order valence-corrected chi connectivity index (χ1v) is 21.0. The van der Waals surface area contributed by atoms with Gasteiger partial charge in [0.1, 0.15) is 22.7 Å². The summed E-state index contributed by atoms with van der Waals surface area (Å²) in [6, 6.07) is 22.6. The van der Waals surface area contributed by atoms with Gasteiger partial charge in [-0.1, -0.05) is 34.1 Å². The van der Waals surface area contributed by atoms with Crippen LogP contribution in [-0.2, 0) is 17.6 Å². The number of piperidine rings is 4. The first kappa shape index (κ1) is 37.0. The highest BCUT2D eigenvalue weighted by Crippen LogP contribution is 2.44. The Bertz CT molecular complexity index is 1730. The number of nitrogens with one attached hydrogen (secondary N) is 1. The topological polar surface area (TPSA) is 60.5 Å². The largest absolute Gasteiger partial charge is 0.487 e. The van der Waals surface area contributed by atoms with Crippen molar-refractivity contribution in [2.45, 2.75) is 94.4 Å². The van der Waals surface area contributed by atoms with E-state index in [2.05, 4.69) is 103 Å². The molecule has 0 saturated carbocycles. The molecular weight excluding hydrogens is 726 g/mol. The van der Waals surface area contributed by atoms with Gasteiger partial charge in [0.2, 0.25) is 5.91 Å². The number of rotatable bonds is 4. The molecule has 3 aromatic carbocycles. The minimum absolute atomic E-state index is 0.0157. The molecule has 3 aromatic rings. The molecule has 9 rings (SSSR count). The normalized spacial score (nSPS) is 23.5. The highest BCUT2D eigenvalue weighted by atomic mass is 79.9. The number of anilines is 1. The Kier molecular flexibility index (Phi) is 10.9. The van der Waals surface area contributed by atoms with Crippen LogP contribution in [0, 0.1) is 0 Å². The van der Waals surface area contributed by atoms with Gasteiger partial charge in [0.05, 0.1) is 0 Å². The Morgan fingerprint density at radius 2 is 1.09 bits per heavy atom. The van der Waals surface area contributed by atoms with Crippen LogP contribution in [-0.4, -0.2) is 115 Å². The lowest BCUT2D eigenvalue weighted by atomic mass is 9.85. The average Bonchev–Trinajstić information content (AvgIpc) is 3.69. The lowest BCUT2D eigenvalue weighted by Crippen LogP contribution is -2.52. The molecule has 9 heteroatoms. The third-order valence-corrected chi connectivity index (χ3v) is 13.6. The van der Waals surface area contributed by atoms with Crippen LogP contribution in [0.15, 0.2) is 65.1 Å². The van der Waals surface area contributed by atoms with Crippen LogP contribution in [0.3, 0.4) is 0 Å². The molecule has 53 heavy (non-hydrogen) atoms. The summed E-state index contributed by atoms with van der Waals surface area (Å²) in [4.78, 5) is 21.6. The van der Waals surface area contributed by atoms with E-state index in [-0.39, 0.29) is 17.1 Å². The Labute approximate surface area is 325 Å². The zero-order chi connectivity index (χ0) is 36.6. The second-order valence-electron chi connectivity index (χ2n) is 16.9. The summed E-state index contributed by atoms with van der Waals surface area (Å²) < 4.78 is 14.1. The number of hydrogen-bond acceptors (Lipinski definition) is 7. The third kappa shape index (κ3) is 8.50. The van der Waals surface area contributed by atoms with Crippen molar-refractivity contribution in [1.82, 2.24) is 19.6 Å². The maximum Gasteiger partial charge on any atom is 0.221 e. The smallest absolute Gasteiger partial charge is 0.221 e. The van der Waals surface area contributed by atoms with Gasteiger partial charge in [-0.05, 0) is 131 Å². The van der Waals surface area contributed by atoms with E-state index in [4.69, 9.17) is 9.47 Å². The lowest BCUT2D eigenvalue weighted by molar-refractivity contribution is -0.114. The number of hydrogen-bond donors (Lipinski definition) is 1. The number of benzene rings is 3. The molecule has 1 amide bonds. The summed E-state index contributed by atoms with van der Waals surface area (Å²) in [5.41, 5.74) is 5.96. The maximum atomic E-state index is 11.2. The van der Waals surface area contributed by atoms with Crippen molar-refractivity contribution < 1.29 is 14.3 Å². The Morgan fingerprint density at radius 1 is 0.642 bits per heavy atom. The van der Waals surface area contributed by atoms with Crippen LogP contribution in [0.1, 0.15) is 69.4 Å². The van der Waals surface area contributed by atoms with Gasteiger partial charge in [0.15, 0.2) is 0 Å². The number of likely N-dealkylation sites (tertiary alicyclic amines) is 4. The molecule has 6 aliphatic rings. The number of ether oxygens (including phenoxy) is 2. The van der Waals surface area contributed by atoms with Crippen LogP contribution >= 0.6 is 15.9 Å². The van der Waals surface area contributed by atoms with Gasteiger partial charge >= 0.3 is 0 Å².